The molecule has 0 atom stereocenters. The molecule has 2 rings (SSSR count). The maximum Gasteiger partial charge on any atom is 0.160 e. The zero-order chi connectivity index (χ0) is 10.7. The summed E-state index contributed by atoms with van der Waals surface area (Å²) in [6.07, 6.45) is 2.93. The Hall–Kier alpha value is -0.520. The second-order valence-corrected chi connectivity index (χ2v) is 6.12. The zero-order valence-electron chi connectivity index (χ0n) is 8.89. The molecule has 0 unspecified atom stereocenters. The second-order valence-electron chi connectivity index (χ2n) is 3.84. The Labute approximate surface area is 102 Å². The van der Waals surface area contributed by atoms with Crippen LogP contribution >= 0.6 is 12.4 Å². The van der Waals surface area contributed by atoms with Gasteiger partial charge in [0, 0.05) is 0 Å². The molecule has 0 aliphatic carbocycles. The van der Waals surface area contributed by atoms with Crippen LogP contribution in [-0.4, -0.2) is 26.8 Å². The van der Waals surface area contributed by atoms with Gasteiger partial charge in [-0.05, 0) is 38.1 Å². The van der Waals surface area contributed by atoms with Gasteiger partial charge in [0.15, 0.2) is 9.84 Å². The van der Waals surface area contributed by atoms with Crippen molar-refractivity contribution in [3.8, 4) is 0 Å². The SMILES string of the molecule is Cl.O=S(=O)(Cc1ccco1)C1CCNCC1. The summed E-state index contributed by atoms with van der Waals surface area (Å²) in [5.41, 5.74) is 0. The number of piperidine rings is 1. The highest BCUT2D eigenvalue weighted by molar-refractivity contribution is 7.91. The van der Waals surface area contributed by atoms with Crippen molar-refractivity contribution in [3.63, 3.8) is 0 Å². The first kappa shape index (κ1) is 13.5. The van der Waals surface area contributed by atoms with E-state index in [-0.39, 0.29) is 23.4 Å². The molecular weight excluding hydrogens is 250 g/mol. The molecule has 0 amide bonds. The quantitative estimate of drug-likeness (QED) is 0.897. The third-order valence-electron chi connectivity index (χ3n) is 2.72. The third-order valence-corrected chi connectivity index (χ3v) is 4.89. The molecule has 0 spiro atoms. The topological polar surface area (TPSA) is 59.3 Å². The summed E-state index contributed by atoms with van der Waals surface area (Å²) in [4.78, 5) is 0. The molecule has 4 nitrogen and oxygen atoms in total. The number of nitrogens with one attached hydrogen (secondary N) is 1. The molecule has 1 aromatic heterocycles. The van der Waals surface area contributed by atoms with Crippen molar-refractivity contribution in [2.24, 2.45) is 0 Å². The molecule has 6 heteroatoms. The van der Waals surface area contributed by atoms with Crippen LogP contribution in [-0.2, 0) is 15.6 Å². The largest absolute Gasteiger partial charge is 0.468 e. The Morgan fingerprint density at radius 2 is 2.06 bits per heavy atom. The predicted octanol–water partition coefficient (Wildman–Crippen LogP) is 1.37. The molecule has 0 aromatic carbocycles. The average molecular weight is 266 g/mol. The van der Waals surface area contributed by atoms with Gasteiger partial charge in [0.1, 0.15) is 11.5 Å². The molecule has 1 N–H and O–H groups in total. The molecule has 2 heterocycles. The lowest BCUT2D eigenvalue weighted by atomic mass is 10.2. The molecule has 1 aliphatic rings. The van der Waals surface area contributed by atoms with E-state index in [1.807, 2.05) is 0 Å². The monoisotopic (exact) mass is 265 g/mol. The summed E-state index contributed by atoms with van der Waals surface area (Å²) in [6.45, 7) is 1.59. The fraction of sp³-hybridized carbons (Fsp3) is 0.600. The Kier molecular flexibility index (Phi) is 4.83. The molecule has 0 bridgehead atoms. The summed E-state index contributed by atoms with van der Waals surface area (Å²) in [5, 5.41) is 2.95. The van der Waals surface area contributed by atoms with E-state index in [0.29, 0.717) is 18.6 Å². The van der Waals surface area contributed by atoms with Gasteiger partial charge in [-0.25, -0.2) is 8.42 Å². The summed E-state index contributed by atoms with van der Waals surface area (Å²) in [5.74, 6) is 0.568. The Bertz CT molecular complexity index is 396. The van der Waals surface area contributed by atoms with Crippen molar-refractivity contribution in [3.05, 3.63) is 24.2 Å². The van der Waals surface area contributed by atoms with E-state index < -0.39 is 9.84 Å². The Balaban J connectivity index is 0.00000128. The summed E-state index contributed by atoms with van der Waals surface area (Å²) in [6, 6.07) is 3.42. The molecule has 0 radical (unpaired) electrons. The third kappa shape index (κ3) is 3.23. The Morgan fingerprint density at radius 1 is 1.38 bits per heavy atom. The van der Waals surface area contributed by atoms with Crippen LogP contribution in [0.25, 0.3) is 0 Å². The van der Waals surface area contributed by atoms with Crippen LogP contribution in [0.15, 0.2) is 22.8 Å². The van der Waals surface area contributed by atoms with Crippen LogP contribution in [0.5, 0.6) is 0 Å². The Morgan fingerprint density at radius 3 is 2.62 bits per heavy atom. The lowest BCUT2D eigenvalue weighted by Crippen LogP contribution is -2.36. The maximum absolute atomic E-state index is 12.0. The van der Waals surface area contributed by atoms with Crippen LogP contribution in [0.2, 0.25) is 0 Å². The van der Waals surface area contributed by atoms with Gasteiger partial charge < -0.3 is 9.73 Å². The van der Waals surface area contributed by atoms with Crippen molar-refractivity contribution in [1.29, 1.82) is 0 Å². The fourth-order valence-electron chi connectivity index (χ4n) is 1.87. The van der Waals surface area contributed by atoms with Crippen molar-refractivity contribution in [2.45, 2.75) is 23.8 Å². The van der Waals surface area contributed by atoms with Gasteiger partial charge in [-0.1, -0.05) is 0 Å². The van der Waals surface area contributed by atoms with Gasteiger partial charge in [-0.2, -0.15) is 0 Å². The standard InChI is InChI=1S/C10H15NO3S.ClH/c12-15(13,8-9-2-1-7-14-9)10-3-5-11-6-4-10;/h1-2,7,10-11H,3-6,8H2;1H. The molecule has 16 heavy (non-hydrogen) atoms. The lowest BCUT2D eigenvalue weighted by molar-refractivity contribution is 0.486. The van der Waals surface area contributed by atoms with Gasteiger partial charge in [-0.15, -0.1) is 12.4 Å². The van der Waals surface area contributed by atoms with Crippen LogP contribution in [0.1, 0.15) is 18.6 Å². The minimum absolute atomic E-state index is 0. The first-order valence-electron chi connectivity index (χ1n) is 5.13. The van der Waals surface area contributed by atoms with E-state index in [1.54, 1.807) is 12.1 Å². The average Bonchev–Trinajstić information content (AvgIpc) is 2.71. The van der Waals surface area contributed by atoms with Gasteiger partial charge in [-0.3, -0.25) is 0 Å². The normalized spacial score (nSPS) is 18.0. The van der Waals surface area contributed by atoms with E-state index in [2.05, 4.69) is 5.32 Å². The molecule has 1 saturated heterocycles. The van der Waals surface area contributed by atoms with Gasteiger partial charge in [0.2, 0.25) is 0 Å². The number of hydrogen-bond acceptors (Lipinski definition) is 4. The number of halogens is 1. The van der Waals surface area contributed by atoms with Gasteiger partial charge >= 0.3 is 0 Å². The first-order chi connectivity index (χ1) is 7.18. The second kappa shape index (κ2) is 5.70. The van der Waals surface area contributed by atoms with Crippen LogP contribution in [0.3, 0.4) is 0 Å². The lowest BCUT2D eigenvalue weighted by Gasteiger charge is -2.22. The van der Waals surface area contributed by atoms with E-state index in [9.17, 15) is 8.42 Å². The summed E-state index contributed by atoms with van der Waals surface area (Å²) in [7, 11) is -3.04. The van der Waals surface area contributed by atoms with Gasteiger partial charge in [0.25, 0.3) is 0 Å². The maximum atomic E-state index is 12.0. The summed E-state index contributed by atoms with van der Waals surface area (Å²) >= 11 is 0. The zero-order valence-corrected chi connectivity index (χ0v) is 10.5. The number of hydrogen-bond donors (Lipinski definition) is 1. The summed E-state index contributed by atoms with van der Waals surface area (Å²) < 4.78 is 29.0. The molecule has 1 fully saturated rings. The van der Waals surface area contributed by atoms with E-state index >= 15 is 0 Å². The molecular formula is C10H16ClNO3S. The smallest absolute Gasteiger partial charge is 0.160 e. The van der Waals surface area contributed by atoms with E-state index in [0.717, 1.165) is 13.1 Å². The van der Waals surface area contributed by atoms with E-state index in [4.69, 9.17) is 4.42 Å². The van der Waals surface area contributed by atoms with Crippen LogP contribution < -0.4 is 5.32 Å². The minimum Gasteiger partial charge on any atom is -0.468 e. The van der Waals surface area contributed by atoms with Crippen molar-refractivity contribution in [2.75, 3.05) is 13.1 Å². The van der Waals surface area contributed by atoms with E-state index in [1.165, 1.54) is 6.26 Å². The fourth-order valence-corrected chi connectivity index (χ4v) is 3.62. The van der Waals surface area contributed by atoms with Crippen molar-refractivity contribution in [1.82, 2.24) is 5.32 Å². The first-order valence-corrected chi connectivity index (χ1v) is 6.85. The van der Waals surface area contributed by atoms with Crippen LogP contribution in [0.4, 0.5) is 0 Å². The number of furan rings is 1. The highest BCUT2D eigenvalue weighted by atomic mass is 35.5. The molecule has 92 valence electrons. The highest BCUT2D eigenvalue weighted by Gasteiger charge is 2.27. The molecule has 1 aromatic rings. The molecule has 0 saturated carbocycles. The van der Waals surface area contributed by atoms with Crippen LogP contribution in [0, 0.1) is 0 Å². The number of sulfone groups is 1. The highest BCUT2D eigenvalue weighted by Crippen LogP contribution is 2.18. The van der Waals surface area contributed by atoms with Crippen molar-refractivity contribution < 1.29 is 12.8 Å². The molecule has 1 aliphatic heterocycles. The predicted molar refractivity (Wildman–Crippen MR) is 64.5 cm³/mol. The number of rotatable bonds is 3. The van der Waals surface area contributed by atoms with Crippen molar-refractivity contribution >= 4 is 22.2 Å². The van der Waals surface area contributed by atoms with Gasteiger partial charge in [0.05, 0.1) is 11.5 Å². The minimum atomic E-state index is -3.04.